The van der Waals surface area contributed by atoms with Crippen LogP contribution in [0.5, 0.6) is 0 Å². The lowest BCUT2D eigenvalue weighted by atomic mass is 9.73. The Balaban J connectivity index is 1.99. The van der Waals surface area contributed by atoms with Crippen molar-refractivity contribution in [3.63, 3.8) is 0 Å². The molecule has 4 unspecified atom stereocenters. The third-order valence-electron chi connectivity index (χ3n) is 4.65. The minimum Gasteiger partial charge on any atom is -0.313 e. The van der Waals surface area contributed by atoms with Gasteiger partial charge in [0, 0.05) is 0 Å². The van der Waals surface area contributed by atoms with E-state index in [9.17, 15) is 0 Å². The van der Waals surface area contributed by atoms with Gasteiger partial charge in [-0.1, -0.05) is 25.7 Å². The van der Waals surface area contributed by atoms with Gasteiger partial charge >= 0.3 is 0 Å². The normalized spacial score (nSPS) is 48.0. The summed E-state index contributed by atoms with van der Waals surface area (Å²) in [6.45, 7) is 0. The summed E-state index contributed by atoms with van der Waals surface area (Å²) >= 11 is 12.9. The molecule has 0 aromatic rings. The van der Waals surface area contributed by atoms with Crippen molar-refractivity contribution in [2.45, 2.75) is 67.8 Å². The van der Waals surface area contributed by atoms with E-state index in [1.807, 2.05) is 0 Å². The maximum atomic E-state index is 6.44. The van der Waals surface area contributed by atoms with Gasteiger partial charge in [0.25, 0.3) is 0 Å². The van der Waals surface area contributed by atoms with Gasteiger partial charge in [0.15, 0.2) is 0 Å². The summed E-state index contributed by atoms with van der Waals surface area (Å²) in [7, 11) is 0. The number of halogens is 2. The van der Waals surface area contributed by atoms with Gasteiger partial charge in [-0.25, -0.2) is 0 Å². The van der Waals surface area contributed by atoms with Crippen molar-refractivity contribution in [1.29, 1.82) is 0 Å². The molecule has 0 aliphatic heterocycles. The monoisotopic (exact) mass is 278 g/mol. The van der Waals surface area contributed by atoms with Crippen LogP contribution in [0.4, 0.5) is 0 Å². The molecule has 100 valence electrons. The summed E-state index contributed by atoms with van der Waals surface area (Å²) in [4.78, 5) is -1.05. The van der Waals surface area contributed by atoms with Crippen LogP contribution >= 0.6 is 23.2 Å². The summed E-state index contributed by atoms with van der Waals surface area (Å²) in [5.74, 6) is 0.755. The Bertz CT molecular complexity index is 240. The molecule has 0 radical (unpaired) electrons. The first-order chi connectivity index (χ1) is 7.92. The van der Waals surface area contributed by atoms with E-state index < -0.39 is 10.00 Å². The van der Waals surface area contributed by atoms with E-state index in [-0.39, 0.29) is 0 Å². The molecule has 2 nitrogen and oxygen atoms in total. The predicted molar refractivity (Wildman–Crippen MR) is 74.1 cm³/mol. The summed E-state index contributed by atoms with van der Waals surface area (Å²) in [5.41, 5.74) is 12.4. The topological polar surface area (TPSA) is 52.0 Å². The summed E-state index contributed by atoms with van der Waals surface area (Å²) in [6.07, 6.45) is 9.88. The van der Waals surface area contributed by atoms with Gasteiger partial charge in [-0.05, 0) is 43.9 Å². The molecule has 2 rings (SSSR count). The summed E-state index contributed by atoms with van der Waals surface area (Å²) in [6, 6.07) is 0. The first kappa shape index (κ1) is 13.9. The van der Waals surface area contributed by atoms with Crippen LogP contribution in [0.3, 0.4) is 0 Å². The van der Waals surface area contributed by atoms with E-state index in [4.69, 9.17) is 34.7 Å². The van der Waals surface area contributed by atoms with Gasteiger partial charge in [0.1, 0.15) is 0 Å². The van der Waals surface area contributed by atoms with Crippen LogP contribution < -0.4 is 11.5 Å². The zero-order valence-electron chi connectivity index (χ0n) is 10.4. The highest BCUT2D eigenvalue weighted by Gasteiger charge is 2.42. The zero-order valence-corrected chi connectivity index (χ0v) is 11.9. The van der Waals surface area contributed by atoms with Crippen molar-refractivity contribution in [1.82, 2.24) is 0 Å². The molecule has 0 saturated heterocycles. The molecule has 2 fully saturated rings. The van der Waals surface area contributed by atoms with E-state index >= 15 is 0 Å². The Morgan fingerprint density at radius 1 is 0.824 bits per heavy atom. The number of alkyl halides is 2. The Kier molecular flexibility index (Phi) is 4.29. The minimum absolute atomic E-state index is 0.377. The van der Waals surface area contributed by atoms with E-state index in [1.54, 1.807) is 0 Å². The quantitative estimate of drug-likeness (QED) is 0.600. The van der Waals surface area contributed by atoms with Crippen molar-refractivity contribution < 1.29 is 0 Å². The highest BCUT2D eigenvalue weighted by molar-refractivity contribution is 6.24. The third-order valence-corrected chi connectivity index (χ3v) is 5.65. The average Bonchev–Trinajstić information content (AvgIpc) is 2.23. The number of rotatable bonds is 2. The SMILES string of the molecule is NC1(Cl)CCCCC1CC1CCCCC1(N)Cl. The second-order valence-electron chi connectivity index (χ2n) is 5.97. The van der Waals surface area contributed by atoms with Gasteiger partial charge < -0.3 is 11.5 Å². The van der Waals surface area contributed by atoms with Crippen LogP contribution in [-0.4, -0.2) is 10.00 Å². The van der Waals surface area contributed by atoms with Gasteiger partial charge in [-0.15, -0.1) is 23.2 Å². The number of nitrogens with two attached hydrogens (primary N) is 2. The molecule has 0 aromatic carbocycles. The van der Waals surface area contributed by atoms with Crippen molar-refractivity contribution in [3.05, 3.63) is 0 Å². The lowest BCUT2D eigenvalue weighted by Gasteiger charge is -2.43. The average molecular weight is 279 g/mol. The van der Waals surface area contributed by atoms with E-state index in [0.29, 0.717) is 11.8 Å². The minimum atomic E-state index is -0.525. The highest BCUT2D eigenvalue weighted by atomic mass is 35.5. The largest absolute Gasteiger partial charge is 0.313 e. The van der Waals surface area contributed by atoms with E-state index in [0.717, 1.165) is 44.9 Å². The highest BCUT2D eigenvalue weighted by Crippen LogP contribution is 2.44. The first-order valence-corrected chi connectivity index (χ1v) is 7.63. The molecular weight excluding hydrogens is 255 g/mol. The fourth-order valence-corrected chi connectivity index (χ4v) is 4.10. The van der Waals surface area contributed by atoms with Gasteiger partial charge in [-0.3, -0.25) is 0 Å². The fourth-order valence-electron chi connectivity index (χ4n) is 3.43. The summed E-state index contributed by atoms with van der Waals surface area (Å²) < 4.78 is 0. The van der Waals surface area contributed by atoms with Crippen molar-refractivity contribution in [3.8, 4) is 0 Å². The maximum absolute atomic E-state index is 6.44. The van der Waals surface area contributed by atoms with Crippen molar-refractivity contribution >= 4 is 23.2 Å². The smallest absolute Gasteiger partial charge is 0.0939 e. The molecular formula is C13H24Cl2N2. The molecule has 0 aromatic heterocycles. The van der Waals surface area contributed by atoms with Crippen LogP contribution in [0, 0.1) is 11.8 Å². The second-order valence-corrected chi connectivity index (χ2v) is 7.38. The zero-order chi connectivity index (χ0) is 12.5. The molecule has 0 bridgehead atoms. The molecule has 2 aliphatic carbocycles. The van der Waals surface area contributed by atoms with Crippen molar-refractivity contribution in [2.75, 3.05) is 0 Å². The van der Waals surface area contributed by atoms with Crippen LogP contribution in [0.25, 0.3) is 0 Å². The Morgan fingerprint density at radius 3 is 1.59 bits per heavy atom. The Morgan fingerprint density at radius 2 is 1.24 bits per heavy atom. The van der Waals surface area contributed by atoms with Crippen LogP contribution in [-0.2, 0) is 0 Å². The fraction of sp³-hybridized carbons (Fsp3) is 1.00. The van der Waals surface area contributed by atoms with Gasteiger partial charge in [0.2, 0.25) is 0 Å². The number of hydrogen-bond donors (Lipinski definition) is 2. The molecule has 0 amide bonds. The first-order valence-electron chi connectivity index (χ1n) is 6.87. The standard InChI is InChI=1S/C13H24Cl2N2/c14-12(16)7-3-1-5-10(12)9-11-6-2-4-8-13(11,15)17/h10-11H,1-9,16-17H2. The van der Waals surface area contributed by atoms with Crippen LogP contribution in [0.1, 0.15) is 57.8 Å². The van der Waals surface area contributed by atoms with Crippen LogP contribution in [0.2, 0.25) is 0 Å². The predicted octanol–water partition coefficient (Wildman–Crippen LogP) is 3.54. The third kappa shape index (κ3) is 3.28. The molecule has 2 saturated carbocycles. The number of hydrogen-bond acceptors (Lipinski definition) is 2. The molecule has 0 heterocycles. The molecule has 2 aliphatic rings. The Labute approximate surface area is 114 Å². The molecule has 4 N–H and O–H groups in total. The van der Waals surface area contributed by atoms with Gasteiger partial charge in [-0.2, -0.15) is 0 Å². The summed E-state index contributed by atoms with van der Waals surface area (Å²) in [5, 5.41) is 0. The molecule has 4 heteroatoms. The molecule has 0 spiro atoms. The maximum Gasteiger partial charge on any atom is 0.0939 e. The van der Waals surface area contributed by atoms with E-state index in [2.05, 4.69) is 0 Å². The van der Waals surface area contributed by atoms with Gasteiger partial charge in [0.05, 0.1) is 10.00 Å². The molecule has 4 atom stereocenters. The van der Waals surface area contributed by atoms with Crippen molar-refractivity contribution in [2.24, 2.45) is 23.3 Å². The van der Waals surface area contributed by atoms with E-state index in [1.165, 1.54) is 12.8 Å². The lowest BCUT2D eigenvalue weighted by Crippen LogP contribution is -2.49. The van der Waals surface area contributed by atoms with Crippen LogP contribution in [0.15, 0.2) is 0 Å². The Hall–Kier alpha value is 0.500. The second kappa shape index (κ2) is 5.24. The lowest BCUT2D eigenvalue weighted by molar-refractivity contribution is 0.169. The molecule has 17 heavy (non-hydrogen) atoms.